The lowest BCUT2D eigenvalue weighted by atomic mass is 10.1. The fourth-order valence-corrected chi connectivity index (χ4v) is 5.19. The van der Waals surface area contributed by atoms with E-state index in [-0.39, 0.29) is 11.8 Å². The zero-order valence-electron chi connectivity index (χ0n) is 20.9. The summed E-state index contributed by atoms with van der Waals surface area (Å²) in [6.45, 7) is 3.97. The lowest BCUT2D eigenvalue weighted by Gasteiger charge is -2.35. The van der Waals surface area contributed by atoms with Crippen LogP contribution in [0.25, 0.3) is 16.9 Å². The molecule has 0 unspecified atom stereocenters. The van der Waals surface area contributed by atoms with Gasteiger partial charge in [-0.2, -0.15) is 0 Å². The van der Waals surface area contributed by atoms with Crippen LogP contribution in [0.4, 0.5) is 0 Å². The van der Waals surface area contributed by atoms with Crippen molar-refractivity contribution in [1.29, 1.82) is 0 Å². The number of piperazine rings is 1. The third kappa shape index (κ3) is 5.04. The molecule has 1 aliphatic rings. The van der Waals surface area contributed by atoms with Crippen LogP contribution in [-0.2, 0) is 0 Å². The summed E-state index contributed by atoms with van der Waals surface area (Å²) < 4.78 is 8.33. The van der Waals surface area contributed by atoms with Crippen LogP contribution in [0.2, 0.25) is 0 Å². The molecule has 5 rings (SSSR count). The normalized spacial score (nSPS) is 13.5. The van der Waals surface area contributed by atoms with Crippen LogP contribution in [0, 0.1) is 6.92 Å². The molecule has 2 amide bonds. The molecule has 1 fully saturated rings. The molecule has 0 saturated carbocycles. The first kappa shape index (κ1) is 24.8. The van der Waals surface area contributed by atoms with Gasteiger partial charge in [-0.25, -0.2) is 0 Å². The highest BCUT2D eigenvalue weighted by molar-refractivity contribution is 9.10. The van der Waals surface area contributed by atoms with Gasteiger partial charge in [-0.05, 0) is 73.2 Å². The summed E-state index contributed by atoms with van der Waals surface area (Å²) >= 11 is 3.43. The standard InChI is InChI=1S/C30H28BrN3O3/c1-21-27(30(36)33-17-15-32(16-18-33)29(35)23-7-6-8-24(31)19-23)20-28(22-11-13-26(37-2)14-12-22)34(21)25-9-4-3-5-10-25/h3-14,19-20H,15-18H2,1-2H3. The molecule has 37 heavy (non-hydrogen) atoms. The van der Waals surface area contributed by atoms with Crippen LogP contribution in [-0.4, -0.2) is 59.5 Å². The van der Waals surface area contributed by atoms with Gasteiger partial charge in [-0.1, -0.05) is 40.2 Å². The Morgan fingerprint density at radius 1 is 0.784 bits per heavy atom. The van der Waals surface area contributed by atoms with E-state index in [0.717, 1.165) is 32.9 Å². The zero-order chi connectivity index (χ0) is 25.9. The number of methoxy groups -OCH3 is 1. The first-order valence-electron chi connectivity index (χ1n) is 12.2. The van der Waals surface area contributed by atoms with Crippen LogP contribution < -0.4 is 4.74 Å². The minimum atomic E-state index is -0.0171. The number of rotatable bonds is 5. The molecule has 0 radical (unpaired) electrons. The van der Waals surface area contributed by atoms with E-state index >= 15 is 0 Å². The van der Waals surface area contributed by atoms with E-state index < -0.39 is 0 Å². The van der Waals surface area contributed by atoms with Crippen LogP contribution in [0.1, 0.15) is 26.4 Å². The number of ether oxygens (including phenoxy) is 1. The van der Waals surface area contributed by atoms with E-state index in [1.807, 2.05) is 102 Å². The van der Waals surface area contributed by atoms with Crippen molar-refractivity contribution >= 4 is 27.7 Å². The Labute approximate surface area is 225 Å². The molecule has 0 atom stereocenters. The van der Waals surface area contributed by atoms with Gasteiger partial charge in [0.2, 0.25) is 0 Å². The van der Waals surface area contributed by atoms with Gasteiger partial charge in [0.1, 0.15) is 5.75 Å². The van der Waals surface area contributed by atoms with Gasteiger partial charge in [-0.3, -0.25) is 9.59 Å². The zero-order valence-corrected chi connectivity index (χ0v) is 22.4. The first-order valence-corrected chi connectivity index (χ1v) is 13.0. The van der Waals surface area contributed by atoms with Crippen LogP contribution >= 0.6 is 15.9 Å². The molecule has 3 aromatic carbocycles. The molecule has 4 aromatic rings. The fourth-order valence-electron chi connectivity index (χ4n) is 4.79. The minimum Gasteiger partial charge on any atom is -0.497 e. The number of amides is 2. The Morgan fingerprint density at radius 2 is 1.43 bits per heavy atom. The summed E-state index contributed by atoms with van der Waals surface area (Å²) in [6.07, 6.45) is 0. The number of hydrogen-bond acceptors (Lipinski definition) is 3. The third-order valence-corrected chi connectivity index (χ3v) is 7.30. The third-order valence-electron chi connectivity index (χ3n) is 6.80. The number of aromatic nitrogens is 1. The summed E-state index contributed by atoms with van der Waals surface area (Å²) in [5.41, 5.74) is 5.13. The Bertz CT molecular complexity index is 1420. The van der Waals surface area contributed by atoms with Crippen molar-refractivity contribution in [2.75, 3.05) is 33.3 Å². The van der Waals surface area contributed by atoms with E-state index in [1.54, 1.807) is 7.11 Å². The van der Waals surface area contributed by atoms with Gasteiger partial charge < -0.3 is 19.1 Å². The monoisotopic (exact) mass is 557 g/mol. The van der Waals surface area contributed by atoms with Crippen LogP contribution in [0.15, 0.2) is 89.4 Å². The van der Waals surface area contributed by atoms with Crippen molar-refractivity contribution in [2.24, 2.45) is 0 Å². The maximum Gasteiger partial charge on any atom is 0.255 e. The second kappa shape index (κ2) is 10.6. The van der Waals surface area contributed by atoms with Gasteiger partial charge >= 0.3 is 0 Å². The molecule has 188 valence electrons. The highest BCUT2D eigenvalue weighted by Gasteiger charge is 2.28. The second-order valence-corrected chi connectivity index (χ2v) is 9.94. The van der Waals surface area contributed by atoms with Crippen molar-refractivity contribution < 1.29 is 14.3 Å². The Balaban J connectivity index is 1.40. The molecule has 1 saturated heterocycles. The average Bonchev–Trinajstić information content (AvgIpc) is 3.29. The van der Waals surface area contributed by atoms with Crippen molar-refractivity contribution in [3.63, 3.8) is 0 Å². The second-order valence-electron chi connectivity index (χ2n) is 9.02. The number of nitrogens with zero attached hydrogens (tertiary/aromatic N) is 3. The predicted molar refractivity (Wildman–Crippen MR) is 148 cm³/mol. The molecule has 0 N–H and O–H groups in total. The molecular formula is C30H28BrN3O3. The lowest BCUT2D eigenvalue weighted by Crippen LogP contribution is -2.50. The number of carbonyl (C=O) groups is 2. The van der Waals surface area contributed by atoms with Gasteiger partial charge in [0, 0.05) is 47.6 Å². The quantitative estimate of drug-likeness (QED) is 0.310. The first-order chi connectivity index (χ1) is 18.0. The molecule has 7 heteroatoms. The molecule has 1 aliphatic heterocycles. The Hall–Kier alpha value is -3.84. The Kier molecular flexibility index (Phi) is 7.15. The molecule has 1 aromatic heterocycles. The summed E-state index contributed by atoms with van der Waals surface area (Å²) in [7, 11) is 1.65. The van der Waals surface area contributed by atoms with Crippen molar-refractivity contribution in [3.8, 4) is 22.7 Å². The Morgan fingerprint density at radius 3 is 2.05 bits per heavy atom. The summed E-state index contributed by atoms with van der Waals surface area (Å²) in [4.78, 5) is 30.3. The number of carbonyl (C=O) groups excluding carboxylic acids is 2. The topological polar surface area (TPSA) is 54.8 Å². The van der Waals surface area contributed by atoms with Gasteiger partial charge in [0.25, 0.3) is 11.8 Å². The number of para-hydroxylation sites is 1. The lowest BCUT2D eigenvalue weighted by molar-refractivity contribution is 0.0535. The van der Waals surface area contributed by atoms with Crippen molar-refractivity contribution in [2.45, 2.75) is 6.92 Å². The minimum absolute atomic E-state index is 0.0124. The summed E-state index contributed by atoms with van der Waals surface area (Å²) in [5.74, 6) is 0.753. The average molecular weight is 558 g/mol. The number of halogens is 1. The summed E-state index contributed by atoms with van der Waals surface area (Å²) in [6, 6.07) is 27.3. The highest BCUT2D eigenvalue weighted by atomic mass is 79.9. The van der Waals surface area contributed by atoms with Gasteiger partial charge in [-0.15, -0.1) is 0 Å². The van der Waals surface area contributed by atoms with Crippen molar-refractivity contribution in [3.05, 3.63) is 106 Å². The SMILES string of the molecule is COc1ccc(-c2cc(C(=O)N3CCN(C(=O)c4cccc(Br)c4)CC3)c(C)n2-c2ccccc2)cc1. The molecular weight excluding hydrogens is 530 g/mol. The predicted octanol–water partition coefficient (Wildman–Crippen LogP) is 5.82. The van der Waals surface area contributed by atoms with E-state index in [0.29, 0.717) is 37.3 Å². The summed E-state index contributed by atoms with van der Waals surface area (Å²) in [5, 5.41) is 0. The number of hydrogen-bond donors (Lipinski definition) is 0. The van der Waals surface area contributed by atoms with Crippen LogP contribution in [0.5, 0.6) is 5.75 Å². The molecule has 2 heterocycles. The fraction of sp³-hybridized carbons (Fsp3) is 0.200. The van der Waals surface area contributed by atoms with Gasteiger partial charge in [0.15, 0.2) is 0 Å². The van der Waals surface area contributed by atoms with E-state index in [4.69, 9.17) is 4.74 Å². The van der Waals surface area contributed by atoms with Gasteiger partial charge in [0.05, 0.1) is 18.4 Å². The van der Waals surface area contributed by atoms with E-state index in [1.165, 1.54) is 0 Å². The van der Waals surface area contributed by atoms with E-state index in [2.05, 4.69) is 20.5 Å². The maximum absolute atomic E-state index is 13.7. The van der Waals surface area contributed by atoms with E-state index in [9.17, 15) is 9.59 Å². The largest absolute Gasteiger partial charge is 0.497 e. The number of benzene rings is 3. The molecule has 6 nitrogen and oxygen atoms in total. The van der Waals surface area contributed by atoms with Crippen molar-refractivity contribution in [1.82, 2.24) is 14.4 Å². The maximum atomic E-state index is 13.7. The molecule has 0 spiro atoms. The smallest absolute Gasteiger partial charge is 0.255 e. The van der Waals surface area contributed by atoms with Crippen LogP contribution in [0.3, 0.4) is 0 Å². The highest BCUT2D eigenvalue weighted by Crippen LogP contribution is 2.31. The molecule has 0 aliphatic carbocycles. The molecule has 0 bridgehead atoms.